The third-order valence-corrected chi connectivity index (χ3v) is 5.59. The molecule has 0 atom stereocenters. The number of anilines is 1. The summed E-state index contributed by atoms with van der Waals surface area (Å²) < 4.78 is 11.7. The first-order chi connectivity index (χ1) is 15.5. The number of morpholine rings is 1. The lowest BCUT2D eigenvalue weighted by Gasteiger charge is -2.26. The molecule has 0 unspecified atom stereocenters. The van der Waals surface area contributed by atoms with Gasteiger partial charge in [0, 0.05) is 41.9 Å². The van der Waals surface area contributed by atoms with E-state index >= 15 is 0 Å². The van der Waals surface area contributed by atoms with Crippen molar-refractivity contribution in [1.82, 2.24) is 10.2 Å². The smallest absolute Gasteiger partial charge is 0.311 e. The molecule has 1 fully saturated rings. The van der Waals surface area contributed by atoms with Crippen LogP contribution in [-0.4, -0.2) is 62.1 Å². The monoisotopic (exact) mass is 551 g/mol. The van der Waals surface area contributed by atoms with E-state index in [4.69, 9.17) is 9.47 Å². The molecule has 32 heavy (non-hydrogen) atoms. The van der Waals surface area contributed by atoms with E-state index in [0.29, 0.717) is 25.4 Å². The van der Waals surface area contributed by atoms with Crippen LogP contribution in [0.1, 0.15) is 23.2 Å². The second-order valence-electron chi connectivity index (χ2n) is 7.24. The number of carbonyl (C=O) groups excluding carboxylic acids is 3. The number of carbonyl (C=O) groups is 3. The van der Waals surface area contributed by atoms with Crippen LogP contribution in [-0.2, 0) is 14.3 Å². The maximum atomic E-state index is 12.6. The molecule has 0 radical (unpaired) electrons. The molecule has 0 saturated carbocycles. The summed E-state index contributed by atoms with van der Waals surface area (Å²) in [6.07, 6.45) is -0.0462. The number of esters is 1. The van der Waals surface area contributed by atoms with Gasteiger partial charge < -0.3 is 20.1 Å². The number of nitrogens with zero attached hydrogens (tertiary/aromatic N) is 1. The normalized spacial score (nSPS) is 13.9. The fraction of sp³-hybridized carbons (Fsp3) is 0.348. The lowest BCUT2D eigenvalue weighted by molar-refractivity contribution is -0.136. The number of hydrogen-bond acceptors (Lipinski definition) is 6. The quantitative estimate of drug-likeness (QED) is 0.283. The predicted molar refractivity (Wildman–Crippen MR) is 129 cm³/mol. The molecular formula is C23H26IN3O5. The van der Waals surface area contributed by atoms with E-state index in [1.807, 2.05) is 12.1 Å². The predicted octanol–water partition coefficient (Wildman–Crippen LogP) is 2.68. The van der Waals surface area contributed by atoms with Gasteiger partial charge in [0.25, 0.3) is 5.91 Å². The summed E-state index contributed by atoms with van der Waals surface area (Å²) >= 11 is 2.18. The molecule has 2 N–H and O–H groups in total. The second kappa shape index (κ2) is 12.5. The molecule has 2 aromatic rings. The molecule has 3 rings (SSSR count). The molecule has 1 aliphatic heterocycles. The van der Waals surface area contributed by atoms with Gasteiger partial charge in [-0.1, -0.05) is 12.1 Å². The average molecular weight is 551 g/mol. The highest BCUT2D eigenvalue weighted by atomic mass is 127. The zero-order chi connectivity index (χ0) is 22.8. The van der Waals surface area contributed by atoms with Gasteiger partial charge in [-0.05, 0) is 59.0 Å². The van der Waals surface area contributed by atoms with Crippen LogP contribution < -0.4 is 15.4 Å². The molecule has 8 nitrogen and oxygen atoms in total. The largest absolute Gasteiger partial charge is 0.426 e. The Balaban J connectivity index is 1.44. The molecule has 0 bridgehead atoms. The number of hydrogen-bond donors (Lipinski definition) is 2. The Hall–Kier alpha value is -2.50. The van der Waals surface area contributed by atoms with Crippen molar-refractivity contribution in [3.05, 3.63) is 57.7 Å². The molecule has 0 aliphatic carbocycles. The standard InChI is InChI=1S/C23H26IN3O5/c24-17-5-7-18(8-6-17)26-23(30)19-3-1-2-4-20(19)32-22(29)10-9-21(28)25-11-12-27-13-15-31-16-14-27/h1-8H,9-16H2,(H,25,28)(H,26,30). The first kappa shape index (κ1) is 24.1. The zero-order valence-electron chi connectivity index (χ0n) is 17.6. The topological polar surface area (TPSA) is 97.0 Å². The molecule has 1 aliphatic rings. The Morgan fingerprint density at radius 2 is 1.72 bits per heavy atom. The minimum Gasteiger partial charge on any atom is -0.426 e. The van der Waals surface area contributed by atoms with E-state index in [0.717, 1.165) is 23.2 Å². The van der Waals surface area contributed by atoms with Crippen molar-refractivity contribution in [2.24, 2.45) is 0 Å². The van der Waals surface area contributed by atoms with E-state index in [9.17, 15) is 14.4 Å². The SMILES string of the molecule is O=C(CCC(=O)Oc1ccccc1C(=O)Nc1ccc(I)cc1)NCCN1CCOCC1. The highest BCUT2D eigenvalue weighted by Crippen LogP contribution is 2.21. The van der Waals surface area contributed by atoms with E-state index in [1.54, 1.807) is 36.4 Å². The maximum absolute atomic E-state index is 12.6. The first-order valence-electron chi connectivity index (χ1n) is 10.4. The molecule has 1 heterocycles. The highest BCUT2D eigenvalue weighted by molar-refractivity contribution is 14.1. The van der Waals surface area contributed by atoms with Crippen molar-refractivity contribution in [2.45, 2.75) is 12.8 Å². The highest BCUT2D eigenvalue weighted by Gasteiger charge is 2.16. The number of ether oxygens (including phenoxy) is 2. The summed E-state index contributed by atoms with van der Waals surface area (Å²) in [5.41, 5.74) is 0.889. The molecule has 170 valence electrons. The summed E-state index contributed by atoms with van der Waals surface area (Å²) in [6.45, 7) is 4.42. The zero-order valence-corrected chi connectivity index (χ0v) is 19.8. The average Bonchev–Trinajstić information content (AvgIpc) is 2.80. The fourth-order valence-corrected chi connectivity index (χ4v) is 3.49. The van der Waals surface area contributed by atoms with Crippen molar-refractivity contribution in [1.29, 1.82) is 0 Å². The molecule has 0 aromatic heterocycles. The van der Waals surface area contributed by atoms with Gasteiger partial charge in [0.05, 0.1) is 25.2 Å². The summed E-state index contributed by atoms with van der Waals surface area (Å²) in [5.74, 6) is -0.994. The van der Waals surface area contributed by atoms with E-state index in [-0.39, 0.29) is 36.0 Å². The fourth-order valence-electron chi connectivity index (χ4n) is 3.13. The molecule has 1 saturated heterocycles. The van der Waals surface area contributed by atoms with Crippen LogP contribution in [0.25, 0.3) is 0 Å². The van der Waals surface area contributed by atoms with Crippen LogP contribution in [0.4, 0.5) is 5.69 Å². The van der Waals surface area contributed by atoms with Crippen LogP contribution >= 0.6 is 22.6 Å². The lowest BCUT2D eigenvalue weighted by atomic mass is 10.2. The Morgan fingerprint density at radius 1 is 1.00 bits per heavy atom. The van der Waals surface area contributed by atoms with Crippen LogP contribution in [0.5, 0.6) is 5.75 Å². The van der Waals surface area contributed by atoms with Gasteiger partial charge >= 0.3 is 5.97 Å². The van der Waals surface area contributed by atoms with Gasteiger partial charge in [0.1, 0.15) is 5.75 Å². The van der Waals surface area contributed by atoms with E-state index in [1.165, 1.54) is 0 Å². The van der Waals surface area contributed by atoms with Crippen molar-refractivity contribution >= 4 is 46.1 Å². The Labute approximate surface area is 200 Å². The maximum Gasteiger partial charge on any atom is 0.311 e. The summed E-state index contributed by atoms with van der Waals surface area (Å²) in [5, 5.41) is 5.61. The molecule has 0 spiro atoms. The Bertz CT molecular complexity index is 929. The van der Waals surface area contributed by atoms with Crippen molar-refractivity contribution in [2.75, 3.05) is 44.7 Å². The Morgan fingerprint density at radius 3 is 2.47 bits per heavy atom. The van der Waals surface area contributed by atoms with Crippen LogP contribution in [0.3, 0.4) is 0 Å². The summed E-state index contributed by atoms with van der Waals surface area (Å²) in [4.78, 5) is 39.1. The Kier molecular flexibility index (Phi) is 9.44. The molecular weight excluding hydrogens is 525 g/mol. The minimum atomic E-state index is -0.567. The van der Waals surface area contributed by atoms with E-state index < -0.39 is 5.97 Å². The number of nitrogens with one attached hydrogen (secondary N) is 2. The number of benzene rings is 2. The van der Waals surface area contributed by atoms with Gasteiger partial charge in [-0.2, -0.15) is 0 Å². The minimum absolute atomic E-state index is 0.0267. The lowest BCUT2D eigenvalue weighted by Crippen LogP contribution is -2.41. The van der Waals surface area contributed by atoms with Gasteiger partial charge in [-0.25, -0.2) is 0 Å². The van der Waals surface area contributed by atoms with E-state index in [2.05, 4.69) is 38.1 Å². The molecule has 9 heteroatoms. The number of rotatable bonds is 9. The van der Waals surface area contributed by atoms with Gasteiger partial charge in [0.2, 0.25) is 5.91 Å². The third kappa shape index (κ3) is 7.88. The molecule has 2 amide bonds. The summed E-state index contributed by atoms with van der Waals surface area (Å²) in [6, 6.07) is 13.9. The first-order valence-corrected chi connectivity index (χ1v) is 11.5. The van der Waals surface area contributed by atoms with Gasteiger partial charge in [-0.3, -0.25) is 19.3 Å². The third-order valence-electron chi connectivity index (χ3n) is 4.87. The van der Waals surface area contributed by atoms with Gasteiger partial charge in [-0.15, -0.1) is 0 Å². The van der Waals surface area contributed by atoms with Crippen molar-refractivity contribution in [3.8, 4) is 5.75 Å². The second-order valence-corrected chi connectivity index (χ2v) is 8.48. The van der Waals surface area contributed by atoms with Crippen molar-refractivity contribution < 1.29 is 23.9 Å². The van der Waals surface area contributed by atoms with Crippen molar-refractivity contribution in [3.63, 3.8) is 0 Å². The molecule has 2 aromatic carbocycles. The number of halogens is 1. The number of amides is 2. The van der Waals surface area contributed by atoms with Crippen LogP contribution in [0, 0.1) is 3.57 Å². The number of para-hydroxylation sites is 1. The van der Waals surface area contributed by atoms with Crippen LogP contribution in [0.15, 0.2) is 48.5 Å². The van der Waals surface area contributed by atoms with Gasteiger partial charge in [0.15, 0.2) is 0 Å². The van der Waals surface area contributed by atoms with Crippen LogP contribution in [0.2, 0.25) is 0 Å². The summed E-state index contributed by atoms with van der Waals surface area (Å²) in [7, 11) is 0.